The predicted molar refractivity (Wildman–Crippen MR) is 87.2 cm³/mol. The maximum atomic E-state index is 12.5. The van der Waals surface area contributed by atoms with Gasteiger partial charge < -0.3 is 10.2 Å². The van der Waals surface area contributed by atoms with Gasteiger partial charge in [0.1, 0.15) is 12.1 Å². The smallest absolute Gasteiger partial charge is 0.325 e. The third-order valence-corrected chi connectivity index (χ3v) is 5.65. The van der Waals surface area contributed by atoms with Crippen molar-refractivity contribution in [2.24, 2.45) is 5.92 Å². The first-order valence-electron chi connectivity index (χ1n) is 7.43. The van der Waals surface area contributed by atoms with Crippen LogP contribution in [0.25, 0.3) is 0 Å². The summed E-state index contributed by atoms with van der Waals surface area (Å²) >= 11 is 7.28. The Morgan fingerprint density at radius 1 is 1.48 bits per heavy atom. The van der Waals surface area contributed by atoms with E-state index in [4.69, 9.17) is 11.6 Å². The zero-order valence-electron chi connectivity index (χ0n) is 13.0. The van der Waals surface area contributed by atoms with Crippen LogP contribution < -0.4 is 5.32 Å². The summed E-state index contributed by atoms with van der Waals surface area (Å²) in [5, 5.41) is 2.74. The molecule has 2 fully saturated rings. The topological polar surface area (TPSA) is 69.7 Å². The fraction of sp³-hybridized carbons (Fsp3) is 0.533. The normalized spacial score (nSPS) is 24.0. The molecule has 2 aliphatic rings. The van der Waals surface area contributed by atoms with Gasteiger partial charge in [-0.1, -0.05) is 11.6 Å². The second-order valence-corrected chi connectivity index (χ2v) is 8.05. The summed E-state index contributed by atoms with van der Waals surface area (Å²) in [7, 11) is 1.65. The number of hydrogen-bond acceptors (Lipinski definition) is 4. The molecule has 124 valence electrons. The summed E-state index contributed by atoms with van der Waals surface area (Å²) in [5.74, 6) is -0.394. The van der Waals surface area contributed by atoms with Gasteiger partial charge in [0, 0.05) is 11.9 Å². The highest BCUT2D eigenvalue weighted by Gasteiger charge is 2.56. The van der Waals surface area contributed by atoms with Gasteiger partial charge in [0.15, 0.2) is 0 Å². The molecule has 1 unspecified atom stereocenters. The van der Waals surface area contributed by atoms with Crippen LogP contribution in [0.4, 0.5) is 4.79 Å². The molecule has 8 heteroatoms. The number of nitrogens with one attached hydrogen (secondary N) is 1. The highest BCUT2D eigenvalue weighted by molar-refractivity contribution is 7.16. The van der Waals surface area contributed by atoms with Crippen LogP contribution in [0.3, 0.4) is 0 Å². The van der Waals surface area contributed by atoms with Gasteiger partial charge in [0.25, 0.3) is 5.91 Å². The Hall–Kier alpha value is -1.60. The maximum Gasteiger partial charge on any atom is 0.325 e. The van der Waals surface area contributed by atoms with Gasteiger partial charge in [-0.05, 0) is 37.8 Å². The van der Waals surface area contributed by atoms with Gasteiger partial charge in [-0.2, -0.15) is 0 Å². The second-order valence-electron chi connectivity index (χ2n) is 6.25. The number of thiophene rings is 1. The lowest BCUT2D eigenvalue weighted by atomic mass is 9.96. The van der Waals surface area contributed by atoms with Crippen molar-refractivity contribution < 1.29 is 14.4 Å². The van der Waals surface area contributed by atoms with E-state index in [0.717, 1.165) is 22.6 Å². The largest absolute Gasteiger partial charge is 0.339 e. The Morgan fingerprint density at radius 3 is 2.74 bits per heavy atom. The number of urea groups is 1. The summed E-state index contributed by atoms with van der Waals surface area (Å²) in [6, 6.07) is 3.15. The van der Waals surface area contributed by atoms with E-state index >= 15 is 0 Å². The molecule has 0 aromatic carbocycles. The van der Waals surface area contributed by atoms with Gasteiger partial charge in [0.05, 0.1) is 10.9 Å². The standard InChI is InChI=1S/C15H18ClN3O3S/c1-15(9-3-4-9)13(21)19(14(22)17-15)8-12(20)18(2)7-10-5-6-11(16)23-10/h5-6,9H,3-4,7-8H2,1-2H3,(H,17,22). The summed E-state index contributed by atoms with van der Waals surface area (Å²) in [6.45, 7) is 1.91. The fourth-order valence-electron chi connectivity index (χ4n) is 2.81. The molecule has 1 aromatic heterocycles. The van der Waals surface area contributed by atoms with Crippen LogP contribution >= 0.6 is 22.9 Å². The SMILES string of the molecule is CN(Cc1ccc(Cl)s1)C(=O)CN1C(=O)NC(C)(C2CC2)C1=O. The number of rotatable bonds is 5. The molecule has 1 saturated carbocycles. The van der Waals surface area contributed by atoms with E-state index in [1.807, 2.05) is 6.07 Å². The molecule has 23 heavy (non-hydrogen) atoms. The summed E-state index contributed by atoms with van der Waals surface area (Å²) in [4.78, 5) is 40.3. The molecule has 1 aliphatic carbocycles. The average Bonchev–Trinajstić information content (AvgIpc) is 3.23. The van der Waals surface area contributed by atoms with Gasteiger partial charge in [0.2, 0.25) is 5.91 Å². The van der Waals surface area contributed by atoms with Gasteiger partial charge in [-0.15, -0.1) is 11.3 Å². The van der Waals surface area contributed by atoms with E-state index in [9.17, 15) is 14.4 Å². The van der Waals surface area contributed by atoms with Crippen molar-refractivity contribution in [3.05, 3.63) is 21.3 Å². The minimum Gasteiger partial charge on any atom is -0.339 e. The lowest BCUT2D eigenvalue weighted by Gasteiger charge is -2.22. The number of hydrogen-bond donors (Lipinski definition) is 1. The Morgan fingerprint density at radius 2 is 2.17 bits per heavy atom. The molecule has 0 spiro atoms. The quantitative estimate of drug-likeness (QED) is 0.822. The first-order chi connectivity index (χ1) is 10.8. The van der Waals surface area contributed by atoms with E-state index in [-0.39, 0.29) is 24.3 Å². The van der Waals surface area contributed by atoms with Crippen molar-refractivity contribution in [2.75, 3.05) is 13.6 Å². The Kier molecular flexibility index (Phi) is 4.10. The summed E-state index contributed by atoms with van der Waals surface area (Å²) in [6.07, 6.45) is 1.87. The van der Waals surface area contributed by atoms with Crippen LogP contribution in [-0.2, 0) is 16.1 Å². The molecule has 2 heterocycles. The van der Waals surface area contributed by atoms with Crippen molar-refractivity contribution in [1.82, 2.24) is 15.1 Å². The molecular formula is C15H18ClN3O3S. The van der Waals surface area contributed by atoms with Crippen molar-refractivity contribution >= 4 is 40.8 Å². The number of halogens is 1. The number of likely N-dealkylation sites (N-methyl/N-ethyl adjacent to an activating group) is 1. The molecule has 3 rings (SSSR count). The Labute approximate surface area is 143 Å². The summed E-state index contributed by atoms with van der Waals surface area (Å²) < 4.78 is 0.662. The Bertz CT molecular complexity index is 673. The first kappa shape index (κ1) is 16.3. The molecule has 1 aromatic rings. The van der Waals surface area contributed by atoms with Crippen molar-refractivity contribution in [2.45, 2.75) is 31.8 Å². The van der Waals surface area contributed by atoms with Crippen LogP contribution in [0.15, 0.2) is 12.1 Å². The number of amides is 4. The van der Waals surface area contributed by atoms with Crippen molar-refractivity contribution in [3.63, 3.8) is 0 Å². The fourth-order valence-corrected chi connectivity index (χ4v) is 3.95. The monoisotopic (exact) mass is 355 g/mol. The zero-order valence-corrected chi connectivity index (χ0v) is 14.5. The summed E-state index contributed by atoms with van der Waals surface area (Å²) in [5.41, 5.74) is -0.850. The van der Waals surface area contributed by atoms with Crippen molar-refractivity contribution in [3.8, 4) is 0 Å². The maximum absolute atomic E-state index is 12.5. The van der Waals surface area contributed by atoms with Crippen LogP contribution in [0.5, 0.6) is 0 Å². The van der Waals surface area contributed by atoms with Crippen LogP contribution in [0.2, 0.25) is 4.34 Å². The molecular weight excluding hydrogens is 338 g/mol. The average molecular weight is 356 g/mol. The number of imide groups is 1. The van der Waals surface area contributed by atoms with Crippen LogP contribution in [-0.4, -0.2) is 46.8 Å². The van der Waals surface area contributed by atoms with Gasteiger partial charge >= 0.3 is 6.03 Å². The number of carbonyl (C=O) groups is 3. The lowest BCUT2D eigenvalue weighted by molar-refractivity contribution is -0.138. The minimum absolute atomic E-state index is 0.185. The lowest BCUT2D eigenvalue weighted by Crippen LogP contribution is -2.47. The van der Waals surface area contributed by atoms with E-state index in [0.29, 0.717) is 10.9 Å². The molecule has 0 radical (unpaired) electrons. The molecule has 1 N–H and O–H groups in total. The molecule has 1 aliphatic heterocycles. The molecule has 0 bridgehead atoms. The Balaban J connectivity index is 1.63. The van der Waals surface area contributed by atoms with E-state index < -0.39 is 11.6 Å². The van der Waals surface area contributed by atoms with Crippen molar-refractivity contribution in [1.29, 1.82) is 0 Å². The molecule has 4 amide bonds. The van der Waals surface area contributed by atoms with E-state index in [1.165, 1.54) is 16.2 Å². The third kappa shape index (κ3) is 3.07. The van der Waals surface area contributed by atoms with E-state index in [2.05, 4.69) is 5.32 Å². The number of carbonyl (C=O) groups excluding carboxylic acids is 3. The molecule has 6 nitrogen and oxygen atoms in total. The van der Waals surface area contributed by atoms with Gasteiger partial charge in [-0.3, -0.25) is 14.5 Å². The van der Waals surface area contributed by atoms with Gasteiger partial charge in [-0.25, -0.2) is 4.79 Å². The van der Waals surface area contributed by atoms with Crippen LogP contribution in [0.1, 0.15) is 24.6 Å². The molecule has 1 atom stereocenters. The third-order valence-electron chi connectivity index (χ3n) is 4.44. The highest BCUT2D eigenvalue weighted by Crippen LogP contribution is 2.42. The van der Waals surface area contributed by atoms with E-state index in [1.54, 1.807) is 20.0 Å². The first-order valence-corrected chi connectivity index (χ1v) is 8.63. The minimum atomic E-state index is -0.850. The number of nitrogens with zero attached hydrogens (tertiary/aromatic N) is 2. The zero-order chi connectivity index (χ0) is 16.8. The molecule has 1 saturated heterocycles. The highest BCUT2D eigenvalue weighted by atomic mass is 35.5. The second kappa shape index (κ2) is 5.79. The predicted octanol–water partition coefficient (Wildman–Crippen LogP) is 2.08. The van der Waals surface area contributed by atoms with Crippen LogP contribution in [0, 0.1) is 5.92 Å².